The monoisotopic (exact) mass is 380 g/mol. The first kappa shape index (κ1) is 20.9. The zero-order valence-electron chi connectivity index (χ0n) is 16.3. The van der Waals surface area contributed by atoms with Crippen molar-refractivity contribution in [3.05, 3.63) is 22.5 Å². The summed E-state index contributed by atoms with van der Waals surface area (Å²) in [6.45, 7) is 8.16. The van der Waals surface area contributed by atoms with Crippen LogP contribution in [0.2, 0.25) is 0 Å². The molecule has 27 heavy (non-hydrogen) atoms. The summed E-state index contributed by atoms with van der Waals surface area (Å²) in [4.78, 5) is 38.4. The summed E-state index contributed by atoms with van der Waals surface area (Å²) in [7, 11) is 1.00. The van der Waals surface area contributed by atoms with E-state index in [4.69, 9.17) is 21.3 Å². The molecule has 1 amide bonds. The van der Waals surface area contributed by atoms with Crippen LogP contribution in [0.3, 0.4) is 0 Å². The summed E-state index contributed by atoms with van der Waals surface area (Å²) in [6.07, 6.45) is -0.901. The van der Waals surface area contributed by atoms with Crippen LogP contribution in [0.4, 0.5) is 4.79 Å². The molecule has 4 rings (SSSR count). The molecule has 0 aromatic carbocycles. The average Bonchev–Trinajstić information content (AvgIpc) is 3.32. The molecule has 0 radical (unpaired) electrons. The number of nitrogens with one attached hydrogen (secondary N) is 1. The van der Waals surface area contributed by atoms with Crippen molar-refractivity contribution in [3.63, 3.8) is 0 Å². The van der Waals surface area contributed by atoms with Gasteiger partial charge in [-0.15, -0.1) is 0 Å². The molecule has 0 bridgehead atoms. The molecule has 0 saturated carbocycles. The number of allylic oxidation sites excluding steroid dienone is 2. The Morgan fingerprint density at radius 3 is 2.48 bits per heavy atom. The van der Waals surface area contributed by atoms with Crippen molar-refractivity contribution < 1.29 is 24.2 Å². The van der Waals surface area contributed by atoms with E-state index in [-0.39, 0.29) is 41.5 Å². The van der Waals surface area contributed by atoms with E-state index in [1.165, 1.54) is 0 Å². The number of aliphatic hydroxyl groups is 1. The maximum absolute atomic E-state index is 12.7. The number of nitrogens with two attached hydrogens (primary N) is 2. The lowest BCUT2D eigenvalue weighted by Crippen LogP contribution is -2.51. The predicted octanol–water partition coefficient (Wildman–Crippen LogP) is -0.600. The Kier molecular flexibility index (Phi) is 5.67. The highest BCUT2D eigenvalue weighted by Gasteiger charge is 2.69. The van der Waals surface area contributed by atoms with Gasteiger partial charge in [0.1, 0.15) is 6.61 Å². The highest BCUT2D eigenvalue weighted by molar-refractivity contribution is 6.25. The minimum atomic E-state index is -0.901. The lowest BCUT2D eigenvalue weighted by Gasteiger charge is -2.38. The Morgan fingerprint density at radius 1 is 1.33 bits per heavy atom. The van der Waals surface area contributed by atoms with Gasteiger partial charge in [0, 0.05) is 42.8 Å². The minimum Gasteiger partial charge on any atom is -0.449 e. The molecule has 4 aliphatic rings. The maximum Gasteiger partial charge on any atom is 0.404 e. The van der Waals surface area contributed by atoms with Crippen molar-refractivity contribution in [1.29, 1.82) is 0 Å². The maximum atomic E-state index is 12.7. The summed E-state index contributed by atoms with van der Waals surface area (Å²) in [5.41, 5.74) is 11.4. The van der Waals surface area contributed by atoms with Crippen molar-refractivity contribution in [1.82, 2.24) is 10.2 Å². The quantitative estimate of drug-likeness (QED) is 0.365. The van der Waals surface area contributed by atoms with Crippen molar-refractivity contribution >= 4 is 17.7 Å². The summed E-state index contributed by atoms with van der Waals surface area (Å²) in [5.74, 6) is -0.993. The van der Waals surface area contributed by atoms with Gasteiger partial charge < -0.3 is 31.5 Å². The van der Waals surface area contributed by atoms with Crippen LogP contribution in [0.25, 0.3) is 0 Å². The number of carbonyl (C=O) groups is 3. The van der Waals surface area contributed by atoms with Gasteiger partial charge in [-0.05, 0) is 13.8 Å². The summed E-state index contributed by atoms with van der Waals surface area (Å²) >= 11 is 0. The fourth-order valence-corrected chi connectivity index (χ4v) is 4.35. The number of piperazine rings is 1. The fourth-order valence-electron chi connectivity index (χ4n) is 4.35. The standard InChI is InChI=1S/C15H18N4O4.C2H6.CH4O/c1-5-9(16)12(21)8-6(4-23-14(17)22)15(2)13-7(18-13)3-19(15)10(8)11(5)20;2*1-2/h6-7,13,18H,3-4,16H2,1-2H3,(H2,17,22);1-2H3;2H,1H3/t6?,7-,13-,15?;;/m0../s1. The SMILES string of the molecule is CC.CC1=C(N)C(=O)C2=C(C1=O)N1C[C@@H]3N[C@@H]3C1(C)C2COC(N)=O.CO. The summed E-state index contributed by atoms with van der Waals surface area (Å²) in [6, 6.07) is 0.438. The molecule has 150 valence electrons. The van der Waals surface area contributed by atoms with Crippen molar-refractivity contribution in [2.75, 3.05) is 20.3 Å². The van der Waals surface area contributed by atoms with Gasteiger partial charge in [-0.3, -0.25) is 9.59 Å². The highest BCUT2D eigenvalue weighted by Crippen LogP contribution is 2.54. The number of amides is 1. The number of Topliss-reactive ketones (excluding diaryl/α,β-unsaturated/α-hetero) is 2. The van der Waals surface area contributed by atoms with Gasteiger partial charge in [0.05, 0.1) is 16.9 Å². The van der Waals surface area contributed by atoms with E-state index < -0.39 is 17.6 Å². The number of rotatable bonds is 2. The third-order valence-corrected chi connectivity index (χ3v) is 5.70. The molecule has 4 atom stereocenters. The van der Waals surface area contributed by atoms with Gasteiger partial charge in [-0.2, -0.15) is 0 Å². The van der Waals surface area contributed by atoms with Gasteiger partial charge >= 0.3 is 6.09 Å². The van der Waals surface area contributed by atoms with Crippen molar-refractivity contribution in [3.8, 4) is 0 Å². The van der Waals surface area contributed by atoms with E-state index in [1.54, 1.807) is 6.92 Å². The number of aliphatic hydroxyl groups excluding tert-OH is 1. The largest absolute Gasteiger partial charge is 0.449 e. The van der Waals surface area contributed by atoms with Gasteiger partial charge in [0.2, 0.25) is 11.6 Å². The number of nitrogens with zero attached hydrogens (tertiary/aromatic N) is 1. The molecule has 1 aliphatic carbocycles. The van der Waals surface area contributed by atoms with Crippen molar-refractivity contribution in [2.24, 2.45) is 17.4 Å². The van der Waals surface area contributed by atoms with Crippen LogP contribution in [0.5, 0.6) is 0 Å². The van der Waals surface area contributed by atoms with E-state index in [0.717, 1.165) is 7.11 Å². The summed E-state index contributed by atoms with van der Waals surface area (Å²) < 4.78 is 4.99. The summed E-state index contributed by atoms with van der Waals surface area (Å²) in [5, 5.41) is 10.4. The second-order valence-electron chi connectivity index (χ2n) is 6.73. The smallest absolute Gasteiger partial charge is 0.404 e. The van der Waals surface area contributed by atoms with E-state index in [1.807, 2.05) is 25.7 Å². The molecular weight excluding hydrogens is 352 g/mol. The Bertz CT molecular complexity index is 744. The molecule has 2 fully saturated rings. The number of primary amides is 1. The first-order valence-corrected chi connectivity index (χ1v) is 8.99. The van der Waals surface area contributed by atoms with Crippen LogP contribution in [0.15, 0.2) is 22.5 Å². The van der Waals surface area contributed by atoms with E-state index >= 15 is 0 Å². The Hall–Kier alpha value is -2.39. The van der Waals surface area contributed by atoms with Gasteiger partial charge in [-0.1, -0.05) is 13.8 Å². The predicted molar refractivity (Wildman–Crippen MR) is 98.3 cm³/mol. The zero-order chi connectivity index (χ0) is 20.7. The number of hydrogen-bond acceptors (Lipinski definition) is 8. The lowest BCUT2D eigenvalue weighted by atomic mass is 9.78. The molecule has 0 spiro atoms. The first-order chi connectivity index (χ1) is 12.8. The minimum absolute atomic E-state index is 0.0251. The first-order valence-electron chi connectivity index (χ1n) is 8.99. The number of hydrogen-bond donors (Lipinski definition) is 4. The highest BCUT2D eigenvalue weighted by atomic mass is 16.5. The third-order valence-electron chi connectivity index (χ3n) is 5.70. The van der Waals surface area contributed by atoms with E-state index in [9.17, 15) is 14.4 Å². The normalized spacial score (nSPS) is 32.7. The topological polar surface area (TPSA) is 158 Å². The fraction of sp³-hybridized carbons (Fsp3) is 0.611. The molecule has 3 aliphatic heterocycles. The Morgan fingerprint density at radius 2 is 1.93 bits per heavy atom. The molecule has 0 aromatic heterocycles. The van der Waals surface area contributed by atoms with E-state index in [2.05, 4.69) is 5.32 Å². The molecule has 2 saturated heterocycles. The average molecular weight is 380 g/mol. The van der Waals surface area contributed by atoms with Crippen LogP contribution < -0.4 is 16.8 Å². The molecule has 3 heterocycles. The number of carbonyl (C=O) groups excluding carboxylic acids is 3. The second-order valence-corrected chi connectivity index (χ2v) is 6.73. The van der Waals surface area contributed by atoms with Crippen LogP contribution in [0.1, 0.15) is 27.7 Å². The zero-order valence-corrected chi connectivity index (χ0v) is 16.3. The molecule has 6 N–H and O–H groups in total. The molecular formula is C18H28N4O5. The Balaban J connectivity index is 0.000000614. The van der Waals surface area contributed by atoms with Gasteiger partial charge in [-0.25, -0.2) is 4.79 Å². The number of fused-ring (bicyclic) bond motifs is 4. The molecule has 9 nitrogen and oxygen atoms in total. The second kappa shape index (κ2) is 7.32. The number of ketones is 2. The van der Waals surface area contributed by atoms with Gasteiger partial charge in [0.15, 0.2) is 0 Å². The molecule has 9 heteroatoms. The lowest BCUT2D eigenvalue weighted by molar-refractivity contribution is -0.117. The van der Waals surface area contributed by atoms with Crippen LogP contribution in [-0.2, 0) is 14.3 Å². The number of ether oxygens (including phenoxy) is 1. The molecule has 2 unspecified atom stereocenters. The van der Waals surface area contributed by atoms with Crippen LogP contribution in [-0.4, -0.2) is 65.6 Å². The van der Waals surface area contributed by atoms with E-state index in [0.29, 0.717) is 17.8 Å². The third kappa shape index (κ3) is 2.81. The Labute approximate surface area is 158 Å². The van der Waals surface area contributed by atoms with Crippen LogP contribution in [0, 0.1) is 5.92 Å². The van der Waals surface area contributed by atoms with Gasteiger partial charge in [0.25, 0.3) is 0 Å². The molecule has 0 aromatic rings. The van der Waals surface area contributed by atoms with Crippen LogP contribution >= 0.6 is 0 Å². The van der Waals surface area contributed by atoms with Crippen molar-refractivity contribution in [2.45, 2.75) is 45.3 Å².